The number of para-hydroxylation sites is 1. The van der Waals surface area contributed by atoms with E-state index in [0.717, 1.165) is 33.5 Å². The van der Waals surface area contributed by atoms with Crippen molar-refractivity contribution >= 4 is 17.0 Å². The number of benzene rings is 1. The minimum atomic E-state index is 0.217. The van der Waals surface area contributed by atoms with Gasteiger partial charge in [-0.1, -0.05) is 12.1 Å². The van der Waals surface area contributed by atoms with Crippen LogP contribution in [0.4, 0.5) is 0 Å². The molecule has 2 heterocycles. The summed E-state index contributed by atoms with van der Waals surface area (Å²) >= 11 is 0. The van der Waals surface area contributed by atoms with Crippen LogP contribution in [0.5, 0.6) is 5.75 Å². The van der Waals surface area contributed by atoms with Gasteiger partial charge in [0.05, 0.1) is 17.6 Å². The average Bonchev–Trinajstić information content (AvgIpc) is 2.75. The molecule has 0 amide bonds. The van der Waals surface area contributed by atoms with Crippen molar-refractivity contribution in [1.82, 2.24) is 14.9 Å². The molecule has 0 fully saturated rings. The second-order valence-corrected chi connectivity index (χ2v) is 5.41. The van der Waals surface area contributed by atoms with Crippen LogP contribution in [0.15, 0.2) is 29.4 Å². The number of aromatic nitrogens is 3. The van der Waals surface area contributed by atoms with Crippen LogP contribution in [0.2, 0.25) is 0 Å². The third-order valence-corrected chi connectivity index (χ3v) is 3.93. The molecule has 0 atom stereocenters. The summed E-state index contributed by atoms with van der Waals surface area (Å²) in [5, 5.41) is 25.0. The lowest BCUT2D eigenvalue weighted by molar-refractivity contribution is 0.474. The lowest BCUT2D eigenvalue weighted by Gasteiger charge is -2.02. The van der Waals surface area contributed by atoms with E-state index < -0.39 is 0 Å². The Morgan fingerprint density at radius 2 is 1.50 bits per heavy atom. The lowest BCUT2D eigenvalue weighted by atomic mass is 10.1. The Morgan fingerprint density at radius 3 is 2.05 bits per heavy atom. The third kappa shape index (κ3) is 2.15. The fourth-order valence-corrected chi connectivity index (χ4v) is 2.85. The molecule has 0 saturated carbocycles. The van der Waals surface area contributed by atoms with Crippen LogP contribution in [-0.2, 0) is 0 Å². The van der Waals surface area contributed by atoms with Crippen molar-refractivity contribution in [2.75, 3.05) is 0 Å². The highest BCUT2D eigenvalue weighted by atomic mass is 16.3. The van der Waals surface area contributed by atoms with E-state index in [-0.39, 0.29) is 5.75 Å². The van der Waals surface area contributed by atoms with Crippen molar-refractivity contribution in [3.63, 3.8) is 0 Å². The highest BCUT2D eigenvalue weighted by molar-refractivity contribution is 5.92. The molecule has 0 aliphatic rings. The van der Waals surface area contributed by atoms with Crippen LogP contribution in [-0.4, -0.2) is 26.2 Å². The van der Waals surface area contributed by atoms with Crippen LogP contribution in [0.25, 0.3) is 10.8 Å². The molecule has 5 nitrogen and oxygen atoms in total. The first-order chi connectivity index (χ1) is 10.5. The van der Waals surface area contributed by atoms with Crippen LogP contribution in [0.1, 0.15) is 28.3 Å². The van der Waals surface area contributed by atoms with E-state index in [0.29, 0.717) is 5.56 Å². The van der Waals surface area contributed by atoms with Gasteiger partial charge in [0.1, 0.15) is 5.75 Å². The van der Waals surface area contributed by atoms with Crippen LogP contribution < -0.4 is 0 Å². The summed E-state index contributed by atoms with van der Waals surface area (Å²) in [6.07, 6.45) is 1.67. The van der Waals surface area contributed by atoms with Crippen molar-refractivity contribution < 1.29 is 5.11 Å². The van der Waals surface area contributed by atoms with E-state index in [4.69, 9.17) is 0 Å². The molecule has 0 bridgehead atoms. The summed E-state index contributed by atoms with van der Waals surface area (Å²) < 4.78 is 1.88. The topological polar surface area (TPSA) is 63.3 Å². The van der Waals surface area contributed by atoms with E-state index >= 15 is 0 Å². The number of phenols is 1. The Morgan fingerprint density at radius 1 is 0.955 bits per heavy atom. The predicted octanol–water partition coefficient (Wildman–Crippen LogP) is 3.25. The molecular weight excluding hydrogens is 276 g/mol. The zero-order chi connectivity index (χ0) is 15.9. The largest absolute Gasteiger partial charge is 0.507 e. The number of aryl methyl sites for hydroxylation is 4. The van der Waals surface area contributed by atoms with Gasteiger partial charge in [-0.2, -0.15) is 15.3 Å². The van der Waals surface area contributed by atoms with Crippen molar-refractivity contribution in [2.45, 2.75) is 27.7 Å². The zero-order valence-electron chi connectivity index (χ0n) is 13.1. The number of aromatic hydroxyl groups is 1. The quantitative estimate of drug-likeness (QED) is 0.738. The average molecular weight is 294 g/mol. The summed E-state index contributed by atoms with van der Waals surface area (Å²) in [5.41, 5.74) is 4.53. The molecule has 112 valence electrons. The minimum Gasteiger partial charge on any atom is -0.507 e. The predicted molar refractivity (Wildman–Crippen MR) is 87.6 cm³/mol. The molecule has 0 spiro atoms. The molecule has 5 heteroatoms. The van der Waals surface area contributed by atoms with E-state index in [1.165, 1.54) is 0 Å². The van der Waals surface area contributed by atoms with Crippen LogP contribution in [0.3, 0.4) is 0 Å². The first kappa shape index (κ1) is 14.3. The highest BCUT2D eigenvalue weighted by Gasteiger charge is 2.16. The van der Waals surface area contributed by atoms with Gasteiger partial charge in [0.25, 0.3) is 0 Å². The van der Waals surface area contributed by atoms with Gasteiger partial charge in [0.2, 0.25) is 0 Å². The lowest BCUT2D eigenvalue weighted by Crippen LogP contribution is -1.96. The molecule has 0 radical (unpaired) electrons. The fraction of sp³-hybridized carbons (Fsp3) is 0.235. The summed E-state index contributed by atoms with van der Waals surface area (Å²) in [4.78, 5) is 0. The second kappa shape index (κ2) is 5.26. The second-order valence-electron chi connectivity index (χ2n) is 5.41. The number of hydrogen-bond acceptors (Lipinski definition) is 4. The van der Waals surface area contributed by atoms with Gasteiger partial charge in [0.15, 0.2) is 0 Å². The van der Waals surface area contributed by atoms with Crippen molar-refractivity contribution in [3.8, 4) is 5.75 Å². The number of hydrogen-bond donors (Lipinski definition) is 1. The molecule has 22 heavy (non-hydrogen) atoms. The number of fused-ring (bicyclic) bond motifs is 1. The standard InChI is InChI=1S/C17H18N4O/c1-10-16-12(3)21(13(4)17(16)11(2)20-19-10)18-9-14-7-5-6-8-15(14)22/h5-9,22H,1-4H3. The maximum Gasteiger partial charge on any atom is 0.124 e. The molecule has 2 aromatic heterocycles. The third-order valence-electron chi connectivity index (χ3n) is 3.93. The highest BCUT2D eigenvalue weighted by Crippen LogP contribution is 2.28. The molecule has 0 saturated heterocycles. The van der Waals surface area contributed by atoms with Gasteiger partial charge < -0.3 is 5.11 Å². The summed E-state index contributed by atoms with van der Waals surface area (Å²) in [5.74, 6) is 0.217. The molecular formula is C17H18N4O. The van der Waals surface area contributed by atoms with E-state index in [2.05, 4.69) is 15.3 Å². The zero-order valence-corrected chi connectivity index (χ0v) is 13.1. The normalized spacial score (nSPS) is 11.6. The van der Waals surface area contributed by atoms with Crippen molar-refractivity contribution in [2.24, 2.45) is 5.10 Å². The molecule has 3 aromatic rings. The maximum absolute atomic E-state index is 9.83. The smallest absolute Gasteiger partial charge is 0.124 e. The SMILES string of the molecule is Cc1nnc(C)c2c(C)n(N=Cc3ccccc3O)c(C)c12. The number of rotatable bonds is 2. The van der Waals surface area contributed by atoms with Crippen molar-refractivity contribution in [1.29, 1.82) is 0 Å². The Kier molecular flexibility index (Phi) is 3.41. The van der Waals surface area contributed by atoms with E-state index in [1.54, 1.807) is 18.3 Å². The van der Waals surface area contributed by atoms with Crippen molar-refractivity contribution in [3.05, 3.63) is 52.6 Å². The minimum absolute atomic E-state index is 0.217. The number of phenolic OH excluding ortho intramolecular Hbond substituents is 1. The monoisotopic (exact) mass is 294 g/mol. The van der Waals surface area contributed by atoms with E-state index in [1.807, 2.05) is 44.5 Å². The first-order valence-corrected chi connectivity index (χ1v) is 7.14. The van der Waals surface area contributed by atoms with E-state index in [9.17, 15) is 5.11 Å². The fourth-order valence-electron chi connectivity index (χ4n) is 2.85. The van der Waals surface area contributed by atoms with Gasteiger partial charge in [0, 0.05) is 27.7 Å². The van der Waals surface area contributed by atoms with Gasteiger partial charge in [-0.15, -0.1) is 0 Å². The Hall–Kier alpha value is -2.69. The molecule has 3 rings (SSSR count). The Bertz CT molecular complexity index is 848. The van der Waals surface area contributed by atoms with Gasteiger partial charge in [-0.3, -0.25) is 0 Å². The maximum atomic E-state index is 9.83. The Balaban J connectivity index is 2.19. The molecule has 1 aromatic carbocycles. The summed E-state index contributed by atoms with van der Waals surface area (Å²) in [6.45, 7) is 7.95. The Labute approximate surface area is 128 Å². The molecule has 0 unspecified atom stereocenters. The molecule has 0 aliphatic heterocycles. The molecule has 0 aliphatic carbocycles. The van der Waals surface area contributed by atoms with Gasteiger partial charge in [-0.05, 0) is 39.8 Å². The molecule has 1 N–H and O–H groups in total. The first-order valence-electron chi connectivity index (χ1n) is 7.14. The van der Waals surface area contributed by atoms with Gasteiger partial charge in [-0.25, -0.2) is 4.68 Å². The number of nitrogens with zero attached hydrogens (tertiary/aromatic N) is 4. The van der Waals surface area contributed by atoms with Gasteiger partial charge >= 0.3 is 0 Å². The van der Waals surface area contributed by atoms with Crippen LogP contribution in [0, 0.1) is 27.7 Å². The summed E-state index contributed by atoms with van der Waals surface area (Å²) in [6, 6.07) is 7.13. The summed E-state index contributed by atoms with van der Waals surface area (Å²) in [7, 11) is 0. The van der Waals surface area contributed by atoms with Crippen LogP contribution >= 0.6 is 0 Å².